The fourth-order valence-electron chi connectivity index (χ4n) is 1.72. The molecule has 19 heavy (non-hydrogen) atoms. The van der Waals surface area contributed by atoms with Crippen LogP contribution in [0.2, 0.25) is 0 Å². The highest BCUT2D eigenvalue weighted by molar-refractivity contribution is 7.89. The lowest BCUT2D eigenvalue weighted by molar-refractivity contribution is -0.137. The van der Waals surface area contributed by atoms with Gasteiger partial charge in [-0.1, -0.05) is 0 Å². The molecule has 1 aliphatic heterocycles. The Hall–Kier alpha value is -1.28. The predicted molar refractivity (Wildman–Crippen MR) is 62.3 cm³/mol. The molecular formula is C11H12F3NO3S. The molecule has 0 aromatic heterocycles. The summed E-state index contributed by atoms with van der Waals surface area (Å²) in [6.45, 7) is 0.102. The normalized spacial score (nSPS) is 22.4. The van der Waals surface area contributed by atoms with E-state index in [1.54, 1.807) is 0 Å². The molecule has 0 unspecified atom stereocenters. The van der Waals surface area contributed by atoms with Crippen molar-refractivity contribution in [2.24, 2.45) is 0 Å². The van der Waals surface area contributed by atoms with E-state index in [1.807, 2.05) is 0 Å². The molecule has 4 nitrogen and oxygen atoms in total. The SMILES string of the molecule is O=S1(=O)CC[C@@H](COc2ccc(C(F)(F)F)cc2)N1. The summed E-state index contributed by atoms with van der Waals surface area (Å²) in [6.07, 6.45) is -3.94. The van der Waals surface area contributed by atoms with E-state index in [4.69, 9.17) is 4.74 Å². The summed E-state index contributed by atoms with van der Waals surface area (Å²) < 4.78 is 66.8. The molecule has 0 bridgehead atoms. The number of halogens is 3. The van der Waals surface area contributed by atoms with Gasteiger partial charge in [-0.3, -0.25) is 0 Å². The van der Waals surface area contributed by atoms with E-state index in [-0.39, 0.29) is 24.2 Å². The molecule has 1 aliphatic rings. The van der Waals surface area contributed by atoms with Crippen LogP contribution in [0.1, 0.15) is 12.0 Å². The lowest BCUT2D eigenvalue weighted by atomic mass is 10.2. The quantitative estimate of drug-likeness (QED) is 0.924. The molecule has 2 rings (SSSR count). The van der Waals surface area contributed by atoms with Crippen molar-refractivity contribution < 1.29 is 26.3 Å². The first-order valence-electron chi connectivity index (χ1n) is 5.56. The molecule has 0 radical (unpaired) electrons. The molecule has 1 aromatic rings. The van der Waals surface area contributed by atoms with E-state index in [0.717, 1.165) is 12.1 Å². The Kier molecular flexibility index (Phi) is 3.73. The highest BCUT2D eigenvalue weighted by Crippen LogP contribution is 2.30. The molecule has 1 heterocycles. The number of benzene rings is 1. The lowest BCUT2D eigenvalue weighted by Crippen LogP contribution is -2.30. The van der Waals surface area contributed by atoms with Gasteiger partial charge in [-0.2, -0.15) is 13.2 Å². The Labute approximate surface area is 108 Å². The number of rotatable bonds is 3. The molecule has 0 aliphatic carbocycles. The molecule has 8 heteroatoms. The molecule has 1 aromatic carbocycles. The zero-order valence-electron chi connectivity index (χ0n) is 9.77. The van der Waals surface area contributed by atoms with Crippen LogP contribution in [0, 0.1) is 0 Å². The third kappa shape index (κ3) is 3.84. The van der Waals surface area contributed by atoms with Gasteiger partial charge in [-0.25, -0.2) is 13.1 Å². The average molecular weight is 295 g/mol. The van der Waals surface area contributed by atoms with Gasteiger partial charge >= 0.3 is 6.18 Å². The van der Waals surface area contributed by atoms with Crippen molar-refractivity contribution >= 4 is 10.0 Å². The number of hydrogen-bond donors (Lipinski definition) is 1. The molecule has 0 amide bonds. The van der Waals surface area contributed by atoms with Crippen LogP contribution in [0.25, 0.3) is 0 Å². The minimum absolute atomic E-state index is 0.0496. The van der Waals surface area contributed by atoms with Gasteiger partial charge in [0, 0.05) is 0 Å². The second kappa shape index (κ2) is 5.01. The maximum atomic E-state index is 12.3. The zero-order valence-corrected chi connectivity index (χ0v) is 10.6. The van der Waals surface area contributed by atoms with Gasteiger partial charge in [0.15, 0.2) is 0 Å². The van der Waals surface area contributed by atoms with Gasteiger partial charge in [-0.15, -0.1) is 0 Å². The van der Waals surface area contributed by atoms with Gasteiger partial charge in [0.05, 0.1) is 17.4 Å². The molecule has 106 valence electrons. The number of hydrogen-bond acceptors (Lipinski definition) is 3. The van der Waals surface area contributed by atoms with Crippen LogP contribution in [-0.2, 0) is 16.2 Å². The Bertz CT molecular complexity index is 539. The van der Waals surface area contributed by atoms with Crippen molar-refractivity contribution in [3.8, 4) is 5.75 Å². The second-order valence-electron chi connectivity index (χ2n) is 4.26. The molecule has 1 saturated heterocycles. The van der Waals surface area contributed by atoms with Crippen molar-refractivity contribution in [3.63, 3.8) is 0 Å². The summed E-state index contributed by atoms with van der Waals surface area (Å²) in [5.74, 6) is 0.327. The molecule has 1 atom stereocenters. The number of ether oxygens (including phenoxy) is 1. The summed E-state index contributed by atoms with van der Waals surface area (Å²) in [6, 6.07) is 3.95. The van der Waals surface area contributed by atoms with E-state index in [1.165, 1.54) is 12.1 Å². The maximum absolute atomic E-state index is 12.3. The van der Waals surface area contributed by atoms with Gasteiger partial charge in [-0.05, 0) is 30.7 Å². The molecule has 1 fully saturated rings. The molecular weight excluding hydrogens is 283 g/mol. The van der Waals surface area contributed by atoms with Crippen LogP contribution in [-0.4, -0.2) is 26.8 Å². The van der Waals surface area contributed by atoms with Crippen molar-refractivity contribution in [1.29, 1.82) is 0 Å². The van der Waals surface area contributed by atoms with Crippen LogP contribution in [0.4, 0.5) is 13.2 Å². The monoisotopic (exact) mass is 295 g/mol. The Morgan fingerprint density at radius 1 is 1.26 bits per heavy atom. The van der Waals surface area contributed by atoms with E-state index < -0.39 is 21.8 Å². The smallest absolute Gasteiger partial charge is 0.416 e. The van der Waals surface area contributed by atoms with Gasteiger partial charge in [0.1, 0.15) is 12.4 Å². The standard InChI is InChI=1S/C11H12F3NO3S/c12-11(13,14)8-1-3-10(4-2-8)18-7-9-5-6-19(16,17)15-9/h1-4,9,15H,5-7H2/t9-/m0/s1. The van der Waals surface area contributed by atoms with Crippen LogP contribution in [0.3, 0.4) is 0 Å². The van der Waals surface area contributed by atoms with Crippen molar-refractivity contribution in [2.45, 2.75) is 18.6 Å². The number of alkyl halides is 3. The third-order valence-corrected chi connectivity index (χ3v) is 4.18. The summed E-state index contributed by atoms with van der Waals surface area (Å²) in [4.78, 5) is 0. The maximum Gasteiger partial charge on any atom is 0.416 e. The number of nitrogens with one attached hydrogen (secondary N) is 1. The van der Waals surface area contributed by atoms with E-state index in [2.05, 4.69) is 4.72 Å². The zero-order chi connectivity index (χ0) is 14.1. The largest absolute Gasteiger partial charge is 0.492 e. The first-order valence-corrected chi connectivity index (χ1v) is 7.21. The second-order valence-corrected chi connectivity index (χ2v) is 6.13. The van der Waals surface area contributed by atoms with Crippen molar-refractivity contribution in [3.05, 3.63) is 29.8 Å². The van der Waals surface area contributed by atoms with Crippen LogP contribution < -0.4 is 9.46 Å². The van der Waals surface area contributed by atoms with E-state index in [0.29, 0.717) is 6.42 Å². The number of sulfonamides is 1. The average Bonchev–Trinajstić information content (AvgIpc) is 2.66. The minimum Gasteiger partial charge on any atom is -0.492 e. The first-order chi connectivity index (χ1) is 8.76. The summed E-state index contributed by atoms with van der Waals surface area (Å²) in [5, 5.41) is 0. The fourth-order valence-corrected chi connectivity index (χ4v) is 3.13. The third-order valence-electron chi connectivity index (χ3n) is 2.71. The topological polar surface area (TPSA) is 55.4 Å². The Balaban J connectivity index is 1.91. The summed E-state index contributed by atoms with van der Waals surface area (Å²) in [7, 11) is -3.20. The van der Waals surface area contributed by atoms with Crippen LogP contribution in [0.5, 0.6) is 5.75 Å². The van der Waals surface area contributed by atoms with Crippen LogP contribution >= 0.6 is 0 Å². The Morgan fingerprint density at radius 3 is 2.37 bits per heavy atom. The minimum atomic E-state index is -4.38. The summed E-state index contributed by atoms with van der Waals surface area (Å²) in [5.41, 5.74) is -0.749. The molecule has 0 spiro atoms. The van der Waals surface area contributed by atoms with E-state index >= 15 is 0 Å². The van der Waals surface area contributed by atoms with Gasteiger partial charge in [0.2, 0.25) is 10.0 Å². The molecule has 1 N–H and O–H groups in total. The van der Waals surface area contributed by atoms with E-state index in [9.17, 15) is 21.6 Å². The van der Waals surface area contributed by atoms with Crippen molar-refractivity contribution in [1.82, 2.24) is 4.72 Å². The highest BCUT2D eigenvalue weighted by atomic mass is 32.2. The fraction of sp³-hybridized carbons (Fsp3) is 0.455. The van der Waals surface area contributed by atoms with Crippen LogP contribution in [0.15, 0.2) is 24.3 Å². The first kappa shape index (κ1) is 14.1. The predicted octanol–water partition coefficient (Wildman–Crippen LogP) is 1.78. The van der Waals surface area contributed by atoms with Gasteiger partial charge < -0.3 is 4.74 Å². The lowest BCUT2D eigenvalue weighted by Gasteiger charge is -2.12. The summed E-state index contributed by atoms with van der Waals surface area (Å²) >= 11 is 0. The Morgan fingerprint density at radius 2 is 1.89 bits per heavy atom. The van der Waals surface area contributed by atoms with Crippen molar-refractivity contribution in [2.75, 3.05) is 12.4 Å². The highest BCUT2D eigenvalue weighted by Gasteiger charge is 2.30. The molecule has 0 saturated carbocycles. The van der Waals surface area contributed by atoms with Gasteiger partial charge in [0.25, 0.3) is 0 Å².